The largest absolute Gasteiger partial charge is 0.497 e. The van der Waals surface area contributed by atoms with Crippen molar-refractivity contribution in [2.24, 2.45) is 5.41 Å². The van der Waals surface area contributed by atoms with Crippen molar-refractivity contribution >= 4 is 11.8 Å². The fraction of sp³-hybridized carbons (Fsp3) is 0.545. The molecular weight excluding hydrogens is 414 g/mol. The molecule has 32 heavy (non-hydrogen) atoms. The number of likely N-dealkylation sites (tertiary alicyclic amines) is 1. The minimum atomic E-state index is -0.746. The molecule has 0 bridgehead atoms. The Hall–Kier alpha value is -3.14. The number of likely N-dealkylation sites (N-methyl/N-ethyl adjacent to an activating group) is 1. The lowest BCUT2D eigenvalue weighted by Crippen LogP contribution is -2.49. The van der Waals surface area contributed by atoms with Crippen molar-refractivity contribution in [1.82, 2.24) is 25.2 Å². The van der Waals surface area contributed by atoms with E-state index in [0.29, 0.717) is 17.2 Å². The van der Waals surface area contributed by atoms with Crippen molar-refractivity contribution in [3.63, 3.8) is 0 Å². The molecule has 1 aliphatic rings. The van der Waals surface area contributed by atoms with Gasteiger partial charge in [0.1, 0.15) is 35.9 Å². The van der Waals surface area contributed by atoms with Crippen LogP contribution in [-0.2, 0) is 16.2 Å². The summed E-state index contributed by atoms with van der Waals surface area (Å²) < 4.78 is 12.5. The number of β-amino-alcohol motifs (C(OH)–C–C–N with tert-alkyl or cyclic N) is 1. The second-order valence-electron chi connectivity index (χ2n) is 8.94. The zero-order valence-electron chi connectivity index (χ0n) is 19.1. The van der Waals surface area contributed by atoms with Gasteiger partial charge in [0.15, 0.2) is 0 Å². The number of ether oxygens (including phenoxy) is 2. The van der Waals surface area contributed by atoms with E-state index < -0.39 is 23.6 Å². The van der Waals surface area contributed by atoms with Crippen LogP contribution in [0.3, 0.4) is 0 Å². The van der Waals surface area contributed by atoms with Crippen molar-refractivity contribution in [2.45, 2.75) is 52.0 Å². The van der Waals surface area contributed by atoms with Gasteiger partial charge in [0.2, 0.25) is 11.8 Å². The van der Waals surface area contributed by atoms with Crippen LogP contribution in [0, 0.1) is 5.41 Å². The normalized spacial score (nSPS) is 19.5. The Labute approximate surface area is 187 Å². The van der Waals surface area contributed by atoms with Gasteiger partial charge >= 0.3 is 0 Å². The summed E-state index contributed by atoms with van der Waals surface area (Å²) in [7, 11) is 3.10. The summed E-state index contributed by atoms with van der Waals surface area (Å²) in [4.78, 5) is 27.2. The molecule has 0 spiro atoms. The van der Waals surface area contributed by atoms with E-state index in [1.807, 2.05) is 39.0 Å². The smallest absolute Gasteiger partial charge is 0.248 e. The van der Waals surface area contributed by atoms with Gasteiger partial charge in [-0.3, -0.25) is 9.59 Å². The summed E-state index contributed by atoms with van der Waals surface area (Å²) in [5.41, 5.74) is 0.0374. The van der Waals surface area contributed by atoms with Gasteiger partial charge in [0.25, 0.3) is 0 Å². The van der Waals surface area contributed by atoms with Crippen LogP contribution >= 0.6 is 0 Å². The van der Waals surface area contributed by atoms with Gasteiger partial charge in [-0.25, -0.2) is 4.68 Å². The molecule has 2 amide bonds. The van der Waals surface area contributed by atoms with Crippen molar-refractivity contribution in [3.05, 3.63) is 36.2 Å². The first-order chi connectivity index (χ1) is 15.1. The van der Waals surface area contributed by atoms with Crippen molar-refractivity contribution in [2.75, 3.05) is 20.7 Å². The van der Waals surface area contributed by atoms with Crippen LogP contribution < -0.4 is 14.8 Å². The number of nitrogens with zero attached hydrogens (tertiary/aromatic N) is 4. The zero-order valence-corrected chi connectivity index (χ0v) is 19.1. The number of aliphatic hydroxyl groups is 1. The Morgan fingerprint density at radius 1 is 1.31 bits per heavy atom. The van der Waals surface area contributed by atoms with Crippen LogP contribution in [0.15, 0.2) is 30.5 Å². The maximum Gasteiger partial charge on any atom is 0.248 e. The molecule has 2 heterocycles. The van der Waals surface area contributed by atoms with Crippen LogP contribution in [0.1, 0.15) is 38.9 Å². The number of aromatic nitrogens is 3. The fourth-order valence-electron chi connectivity index (χ4n) is 3.86. The molecule has 0 saturated carbocycles. The Morgan fingerprint density at radius 2 is 2.03 bits per heavy atom. The minimum absolute atomic E-state index is 0.101. The predicted octanol–water partition coefficient (Wildman–Crippen LogP) is 1.16. The summed E-state index contributed by atoms with van der Waals surface area (Å²) in [6, 6.07) is 5.80. The highest BCUT2D eigenvalue weighted by Crippen LogP contribution is 2.34. The van der Waals surface area contributed by atoms with Gasteiger partial charge in [-0.2, -0.15) is 0 Å². The average molecular weight is 446 g/mol. The summed E-state index contributed by atoms with van der Waals surface area (Å²) in [6.45, 7) is 6.03. The molecule has 10 nitrogen and oxygen atoms in total. The highest BCUT2D eigenvalue weighted by molar-refractivity contribution is 5.90. The molecular formula is C22H31N5O5. The molecule has 2 aromatic rings. The molecule has 3 atom stereocenters. The number of rotatable bonds is 7. The first kappa shape index (κ1) is 23.5. The predicted molar refractivity (Wildman–Crippen MR) is 116 cm³/mol. The van der Waals surface area contributed by atoms with E-state index in [1.165, 1.54) is 16.6 Å². The lowest BCUT2D eigenvalue weighted by molar-refractivity contribution is -0.144. The van der Waals surface area contributed by atoms with E-state index in [-0.39, 0.29) is 31.4 Å². The molecule has 1 aromatic heterocycles. The van der Waals surface area contributed by atoms with E-state index in [0.717, 1.165) is 0 Å². The zero-order chi connectivity index (χ0) is 23.5. The fourth-order valence-corrected chi connectivity index (χ4v) is 3.86. The SMILES string of the molecule is CNC(=O)C1CC(O)CN1C(=O)[C@@H](n1cc(COc2cccc(OC)c2)nn1)C(C)(C)C. The van der Waals surface area contributed by atoms with Crippen LogP contribution in [0.4, 0.5) is 0 Å². The Kier molecular flexibility index (Phi) is 7.02. The lowest BCUT2D eigenvalue weighted by Gasteiger charge is -2.34. The lowest BCUT2D eigenvalue weighted by atomic mass is 9.85. The van der Waals surface area contributed by atoms with Gasteiger partial charge in [0, 0.05) is 26.1 Å². The van der Waals surface area contributed by atoms with E-state index in [1.54, 1.807) is 19.4 Å². The number of hydrogen-bond donors (Lipinski definition) is 2. The number of carbonyl (C=O) groups is 2. The third-order valence-electron chi connectivity index (χ3n) is 5.42. The summed E-state index contributed by atoms with van der Waals surface area (Å²) >= 11 is 0. The molecule has 0 radical (unpaired) electrons. The molecule has 0 aliphatic carbocycles. The third-order valence-corrected chi connectivity index (χ3v) is 5.42. The van der Waals surface area contributed by atoms with E-state index >= 15 is 0 Å². The Morgan fingerprint density at radius 3 is 2.69 bits per heavy atom. The highest BCUT2D eigenvalue weighted by Gasteiger charge is 2.44. The number of amides is 2. The van der Waals surface area contributed by atoms with Gasteiger partial charge in [0.05, 0.1) is 19.4 Å². The molecule has 1 fully saturated rings. The summed E-state index contributed by atoms with van der Waals surface area (Å²) in [6.07, 6.45) is 1.14. The number of methoxy groups -OCH3 is 1. The topological polar surface area (TPSA) is 119 Å². The number of aliphatic hydroxyl groups excluding tert-OH is 1. The standard InChI is InChI=1S/C22H31N5O5/c1-22(2,3)19(21(30)26-12-15(28)9-18(26)20(29)23-4)27-11-14(24-25-27)13-32-17-8-6-7-16(10-17)31-5/h6-8,10-11,15,18-19,28H,9,12-13H2,1-5H3,(H,23,29)/t15?,18?,19-/m1/s1. The molecule has 174 valence electrons. The average Bonchev–Trinajstić information content (AvgIpc) is 3.37. The van der Waals surface area contributed by atoms with Gasteiger partial charge in [-0.15, -0.1) is 5.10 Å². The number of nitrogens with one attached hydrogen (secondary N) is 1. The summed E-state index contributed by atoms with van der Waals surface area (Å²) in [5.74, 6) is 0.728. The number of benzene rings is 1. The van der Waals surface area contributed by atoms with Crippen molar-refractivity contribution < 1.29 is 24.2 Å². The van der Waals surface area contributed by atoms with E-state index in [4.69, 9.17) is 9.47 Å². The number of hydrogen-bond acceptors (Lipinski definition) is 7. The first-order valence-corrected chi connectivity index (χ1v) is 10.5. The highest BCUT2D eigenvalue weighted by atomic mass is 16.5. The Bertz CT molecular complexity index is 954. The van der Waals surface area contributed by atoms with Crippen LogP contribution in [0.5, 0.6) is 11.5 Å². The number of carbonyl (C=O) groups excluding carboxylic acids is 2. The molecule has 3 rings (SSSR count). The van der Waals surface area contributed by atoms with Crippen LogP contribution in [0.2, 0.25) is 0 Å². The van der Waals surface area contributed by atoms with Gasteiger partial charge in [-0.05, 0) is 17.5 Å². The molecule has 10 heteroatoms. The molecule has 1 saturated heterocycles. The Balaban J connectivity index is 1.79. The quantitative estimate of drug-likeness (QED) is 0.656. The van der Waals surface area contributed by atoms with E-state index in [9.17, 15) is 14.7 Å². The maximum absolute atomic E-state index is 13.5. The summed E-state index contributed by atoms with van der Waals surface area (Å²) in [5, 5.41) is 21.0. The van der Waals surface area contributed by atoms with E-state index in [2.05, 4.69) is 15.6 Å². The second-order valence-corrected chi connectivity index (χ2v) is 8.94. The second kappa shape index (κ2) is 9.56. The maximum atomic E-state index is 13.5. The molecule has 1 aromatic carbocycles. The van der Waals surface area contributed by atoms with Crippen molar-refractivity contribution in [3.8, 4) is 11.5 Å². The molecule has 1 aliphatic heterocycles. The monoisotopic (exact) mass is 445 g/mol. The third kappa shape index (κ3) is 5.18. The van der Waals surface area contributed by atoms with Gasteiger partial charge in [-0.1, -0.05) is 32.1 Å². The first-order valence-electron chi connectivity index (χ1n) is 10.5. The molecule has 2 N–H and O–H groups in total. The van der Waals surface area contributed by atoms with Crippen LogP contribution in [-0.4, -0.2) is 69.7 Å². The molecule has 2 unspecified atom stereocenters. The van der Waals surface area contributed by atoms with Gasteiger partial charge < -0.3 is 24.8 Å². The minimum Gasteiger partial charge on any atom is -0.497 e. The van der Waals surface area contributed by atoms with Crippen LogP contribution in [0.25, 0.3) is 0 Å². The van der Waals surface area contributed by atoms with Crippen molar-refractivity contribution in [1.29, 1.82) is 0 Å².